The first-order chi connectivity index (χ1) is 9.45. The molecule has 0 saturated carbocycles. The van der Waals surface area contributed by atoms with Crippen LogP contribution in [0.2, 0.25) is 0 Å². The van der Waals surface area contributed by atoms with Crippen molar-refractivity contribution in [2.75, 3.05) is 5.75 Å². The summed E-state index contributed by atoms with van der Waals surface area (Å²) in [6, 6.07) is 3.16. The van der Waals surface area contributed by atoms with Gasteiger partial charge in [0, 0.05) is 10.2 Å². The predicted octanol–water partition coefficient (Wildman–Crippen LogP) is 2.97. The molecule has 2 rings (SSSR count). The summed E-state index contributed by atoms with van der Waals surface area (Å²) < 4.78 is 14.4. The van der Waals surface area contributed by atoms with Gasteiger partial charge in [0.1, 0.15) is 11.9 Å². The van der Waals surface area contributed by atoms with Gasteiger partial charge in [-0.3, -0.25) is 4.79 Å². The summed E-state index contributed by atoms with van der Waals surface area (Å²) in [4.78, 5) is 25.0. The van der Waals surface area contributed by atoms with E-state index in [1.807, 2.05) is 6.92 Å². The maximum absolute atomic E-state index is 13.8. The Morgan fingerprint density at radius 2 is 2.25 bits per heavy atom. The van der Waals surface area contributed by atoms with Crippen LogP contribution >= 0.6 is 27.7 Å². The van der Waals surface area contributed by atoms with Crippen LogP contribution in [0, 0.1) is 5.82 Å². The maximum Gasteiger partial charge on any atom is 0.327 e. The second kappa shape index (κ2) is 6.13. The summed E-state index contributed by atoms with van der Waals surface area (Å²) in [5.74, 6) is -1.95. The van der Waals surface area contributed by atoms with E-state index in [1.54, 1.807) is 0 Å². The molecule has 2 atom stereocenters. The number of hydrogen-bond donors (Lipinski definition) is 1. The molecular formula is C13H13BrFNO3S. The van der Waals surface area contributed by atoms with Crippen LogP contribution < -0.4 is 0 Å². The van der Waals surface area contributed by atoms with Gasteiger partial charge in [-0.1, -0.05) is 22.9 Å². The molecule has 0 radical (unpaired) electrons. The monoisotopic (exact) mass is 361 g/mol. The van der Waals surface area contributed by atoms with Crippen molar-refractivity contribution in [3.63, 3.8) is 0 Å². The van der Waals surface area contributed by atoms with Gasteiger partial charge in [0.2, 0.25) is 0 Å². The van der Waals surface area contributed by atoms with E-state index >= 15 is 0 Å². The summed E-state index contributed by atoms with van der Waals surface area (Å²) in [6.45, 7) is 1.87. The van der Waals surface area contributed by atoms with Crippen molar-refractivity contribution in [3.05, 3.63) is 34.1 Å². The van der Waals surface area contributed by atoms with E-state index in [0.717, 1.165) is 0 Å². The molecule has 1 aromatic carbocycles. The van der Waals surface area contributed by atoms with Crippen molar-refractivity contribution in [2.24, 2.45) is 0 Å². The van der Waals surface area contributed by atoms with Crippen LogP contribution in [-0.4, -0.2) is 39.1 Å². The summed E-state index contributed by atoms with van der Waals surface area (Å²) >= 11 is 4.60. The number of aliphatic carboxylic acids is 1. The number of nitrogens with zero attached hydrogens (tertiary/aromatic N) is 1. The highest BCUT2D eigenvalue weighted by Crippen LogP contribution is 2.33. The molecule has 1 amide bonds. The fourth-order valence-corrected chi connectivity index (χ4v) is 3.85. The third-order valence-corrected chi connectivity index (χ3v) is 5.07. The van der Waals surface area contributed by atoms with Crippen molar-refractivity contribution < 1.29 is 19.1 Å². The maximum atomic E-state index is 13.8. The molecule has 7 heteroatoms. The lowest BCUT2D eigenvalue weighted by molar-refractivity contribution is -0.141. The molecule has 20 heavy (non-hydrogen) atoms. The third kappa shape index (κ3) is 2.83. The Kier molecular flexibility index (Phi) is 4.70. The number of thioether (sulfide) groups is 1. The molecule has 0 bridgehead atoms. The molecule has 1 aliphatic heterocycles. The first-order valence-electron chi connectivity index (χ1n) is 6.07. The lowest BCUT2D eigenvalue weighted by atomic mass is 10.1. The summed E-state index contributed by atoms with van der Waals surface area (Å²) in [6.07, 6.45) is 0.621. The van der Waals surface area contributed by atoms with Crippen molar-refractivity contribution in [1.29, 1.82) is 0 Å². The zero-order valence-electron chi connectivity index (χ0n) is 10.7. The molecule has 1 heterocycles. The van der Waals surface area contributed by atoms with Crippen molar-refractivity contribution >= 4 is 39.6 Å². The van der Waals surface area contributed by atoms with Crippen LogP contribution in [-0.2, 0) is 4.79 Å². The van der Waals surface area contributed by atoms with Gasteiger partial charge in [0.15, 0.2) is 0 Å². The first kappa shape index (κ1) is 15.3. The van der Waals surface area contributed by atoms with E-state index in [9.17, 15) is 19.1 Å². The second-order valence-corrected chi connectivity index (χ2v) is 6.51. The number of hydrogen-bond acceptors (Lipinski definition) is 3. The minimum absolute atomic E-state index is 0.105. The van der Waals surface area contributed by atoms with Gasteiger partial charge in [0.25, 0.3) is 5.91 Å². The molecule has 1 N–H and O–H groups in total. The number of rotatable bonds is 3. The average molecular weight is 362 g/mol. The number of carbonyl (C=O) groups excluding carboxylic acids is 1. The van der Waals surface area contributed by atoms with E-state index in [1.165, 1.54) is 34.9 Å². The van der Waals surface area contributed by atoms with Crippen LogP contribution in [0.3, 0.4) is 0 Å². The van der Waals surface area contributed by atoms with E-state index in [-0.39, 0.29) is 10.9 Å². The highest BCUT2D eigenvalue weighted by atomic mass is 79.9. The molecule has 0 aromatic heterocycles. The van der Waals surface area contributed by atoms with Crippen LogP contribution in [0.25, 0.3) is 0 Å². The Morgan fingerprint density at radius 1 is 1.55 bits per heavy atom. The highest BCUT2D eigenvalue weighted by molar-refractivity contribution is 9.10. The number of carbonyl (C=O) groups is 2. The van der Waals surface area contributed by atoms with Crippen molar-refractivity contribution in [1.82, 2.24) is 4.90 Å². The van der Waals surface area contributed by atoms with Gasteiger partial charge in [-0.2, -0.15) is 0 Å². The van der Waals surface area contributed by atoms with Gasteiger partial charge in [-0.05, 0) is 24.6 Å². The number of halogens is 2. The molecule has 1 saturated heterocycles. The van der Waals surface area contributed by atoms with Crippen molar-refractivity contribution in [2.45, 2.75) is 24.8 Å². The number of benzene rings is 1. The quantitative estimate of drug-likeness (QED) is 0.898. The molecular weight excluding hydrogens is 349 g/mol. The molecule has 1 aromatic rings. The van der Waals surface area contributed by atoms with E-state index < -0.39 is 23.7 Å². The van der Waals surface area contributed by atoms with E-state index in [0.29, 0.717) is 16.6 Å². The van der Waals surface area contributed by atoms with Gasteiger partial charge in [0.05, 0.1) is 10.9 Å². The molecule has 1 aliphatic rings. The molecule has 2 unspecified atom stereocenters. The fourth-order valence-electron chi connectivity index (χ4n) is 2.14. The normalized spacial score (nSPS) is 22.1. The molecule has 0 spiro atoms. The van der Waals surface area contributed by atoms with Gasteiger partial charge < -0.3 is 10.0 Å². The molecule has 108 valence electrons. The fraction of sp³-hybridized carbons (Fsp3) is 0.385. The zero-order chi connectivity index (χ0) is 14.9. The second-order valence-electron chi connectivity index (χ2n) is 4.39. The van der Waals surface area contributed by atoms with E-state index in [4.69, 9.17) is 0 Å². The summed E-state index contributed by atoms with van der Waals surface area (Å²) in [5.41, 5.74) is -0.105. The largest absolute Gasteiger partial charge is 0.480 e. The standard InChI is InChI=1S/C13H13BrFNO3S/c1-2-11-16(10(6-20-11)13(18)19)12(17)8-5-7(14)3-4-9(8)15/h3-5,10-11H,2,6H2,1H3,(H,18,19). The molecule has 4 nitrogen and oxygen atoms in total. The molecule has 0 aliphatic carbocycles. The van der Waals surface area contributed by atoms with E-state index in [2.05, 4.69) is 15.9 Å². The lowest BCUT2D eigenvalue weighted by Crippen LogP contribution is -2.45. The van der Waals surface area contributed by atoms with Gasteiger partial charge in [-0.15, -0.1) is 11.8 Å². The number of amides is 1. The Labute approximate surface area is 128 Å². The summed E-state index contributed by atoms with van der Waals surface area (Å²) in [7, 11) is 0. The van der Waals surface area contributed by atoms with Crippen LogP contribution in [0.15, 0.2) is 22.7 Å². The Balaban J connectivity index is 2.38. The number of carboxylic acid groups (broad SMARTS) is 1. The van der Waals surface area contributed by atoms with Crippen molar-refractivity contribution in [3.8, 4) is 0 Å². The van der Waals surface area contributed by atoms with Gasteiger partial charge >= 0.3 is 5.97 Å². The highest BCUT2D eigenvalue weighted by Gasteiger charge is 2.41. The number of carboxylic acids is 1. The van der Waals surface area contributed by atoms with Crippen LogP contribution in [0.5, 0.6) is 0 Å². The Morgan fingerprint density at radius 3 is 2.85 bits per heavy atom. The first-order valence-corrected chi connectivity index (χ1v) is 7.92. The topological polar surface area (TPSA) is 57.6 Å². The minimum atomic E-state index is -1.06. The average Bonchev–Trinajstić information content (AvgIpc) is 2.84. The Hall–Kier alpha value is -1.08. The SMILES string of the molecule is CCC1SCC(C(=O)O)N1C(=O)c1cc(Br)ccc1F. The Bertz CT molecular complexity index is 554. The smallest absolute Gasteiger partial charge is 0.327 e. The summed E-state index contributed by atoms with van der Waals surface area (Å²) in [5, 5.41) is 8.97. The minimum Gasteiger partial charge on any atom is -0.480 e. The zero-order valence-corrected chi connectivity index (χ0v) is 13.1. The van der Waals surface area contributed by atoms with Crippen LogP contribution in [0.4, 0.5) is 4.39 Å². The molecule has 1 fully saturated rings. The lowest BCUT2D eigenvalue weighted by Gasteiger charge is -2.26. The van der Waals surface area contributed by atoms with Gasteiger partial charge in [-0.25, -0.2) is 9.18 Å². The predicted molar refractivity (Wildman–Crippen MR) is 78.2 cm³/mol. The van der Waals surface area contributed by atoms with Crippen LogP contribution in [0.1, 0.15) is 23.7 Å². The third-order valence-electron chi connectivity index (χ3n) is 3.12.